The minimum Gasteiger partial charge on any atom is -0.478 e. The Kier molecular flexibility index (Phi) is 4.82. The zero-order valence-corrected chi connectivity index (χ0v) is 11.5. The molecule has 1 heterocycles. The Labute approximate surface area is 118 Å². The molecule has 1 aliphatic heterocycles. The van der Waals surface area contributed by atoms with Crippen LogP contribution in [0, 0.1) is 0 Å². The molecule has 4 heteroatoms. The Morgan fingerprint density at radius 3 is 2.75 bits per heavy atom. The highest BCUT2D eigenvalue weighted by molar-refractivity contribution is 5.91. The minimum atomic E-state index is -0.911. The average Bonchev–Trinajstić information content (AvgIpc) is 2.48. The highest BCUT2D eigenvalue weighted by Crippen LogP contribution is 2.27. The molecule has 1 aliphatic rings. The molecule has 0 amide bonds. The molecule has 106 valence electrons. The quantitative estimate of drug-likeness (QED) is 0.798. The average molecular weight is 274 g/mol. The molecule has 1 aromatic rings. The van der Waals surface area contributed by atoms with Crippen molar-refractivity contribution in [2.75, 3.05) is 0 Å². The molecule has 0 fully saturated rings. The van der Waals surface area contributed by atoms with E-state index in [9.17, 15) is 9.90 Å². The standard InChI is InChI=1S/C16H18O4/c1-2-3-4-6-12-13(15-11-19-9-10-20-15)7-5-8-14(12)16(17)18/h5,7-11H,2-4,6H2,1H3,(H,17,18). The Bertz CT molecular complexity index is 543. The van der Waals surface area contributed by atoms with Gasteiger partial charge in [0, 0.05) is 5.56 Å². The largest absolute Gasteiger partial charge is 0.478 e. The lowest BCUT2D eigenvalue weighted by Gasteiger charge is -2.16. The number of carbonyl (C=O) groups is 1. The summed E-state index contributed by atoms with van der Waals surface area (Å²) in [7, 11) is 0. The topological polar surface area (TPSA) is 55.8 Å². The molecule has 0 aliphatic carbocycles. The minimum absolute atomic E-state index is 0.331. The third-order valence-electron chi connectivity index (χ3n) is 3.21. The predicted molar refractivity (Wildman–Crippen MR) is 75.9 cm³/mol. The van der Waals surface area contributed by atoms with E-state index in [0.29, 0.717) is 11.3 Å². The van der Waals surface area contributed by atoms with Crippen molar-refractivity contribution in [2.45, 2.75) is 32.6 Å². The van der Waals surface area contributed by atoms with Gasteiger partial charge in [-0.1, -0.05) is 31.9 Å². The van der Waals surface area contributed by atoms with Crippen molar-refractivity contribution in [1.82, 2.24) is 0 Å². The Morgan fingerprint density at radius 2 is 2.10 bits per heavy atom. The Balaban J connectivity index is 2.36. The van der Waals surface area contributed by atoms with Crippen molar-refractivity contribution in [1.29, 1.82) is 0 Å². The fourth-order valence-electron chi connectivity index (χ4n) is 2.23. The van der Waals surface area contributed by atoms with Gasteiger partial charge in [-0.2, -0.15) is 0 Å². The molecule has 20 heavy (non-hydrogen) atoms. The van der Waals surface area contributed by atoms with Gasteiger partial charge in [-0.05, 0) is 24.5 Å². The summed E-state index contributed by atoms with van der Waals surface area (Å²) >= 11 is 0. The SMILES string of the molecule is CCCCCc1c(C(=O)O)cccc1C1=COC=CO1. The molecular formula is C16H18O4. The Hall–Kier alpha value is -2.23. The maximum absolute atomic E-state index is 11.4. The van der Waals surface area contributed by atoms with Crippen LogP contribution >= 0.6 is 0 Å². The number of hydrogen-bond donors (Lipinski definition) is 1. The van der Waals surface area contributed by atoms with Gasteiger partial charge in [-0.15, -0.1) is 0 Å². The summed E-state index contributed by atoms with van der Waals surface area (Å²) in [6.45, 7) is 2.12. The van der Waals surface area contributed by atoms with E-state index >= 15 is 0 Å². The van der Waals surface area contributed by atoms with E-state index in [0.717, 1.165) is 36.8 Å². The second-order valence-corrected chi connectivity index (χ2v) is 4.60. The van der Waals surface area contributed by atoms with Crippen molar-refractivity contribution in [3.8, 4) is 0 Å². The van der Waals surface area contributed by atoms with Crippen LogP contribution in [0.5, 0.6) is 0 Å². The lowest BCUT2D eigenvalue weighted by atomic mass is 9.95. The first-order valence-electron chi connectivity index (χ1n) is 6.77. The Morgan fingerprint density at radius 1 is 1.25 bits per heavy atom. The molecule has 4 nitrogen and oxygen atoms in total. The molecule has 0 bridgehead atoms. The van der Waals surface area contributed by atoms with Crippen LogP contribution in [-0.4, -0.2) is 11.1 Å². The van der Waals surface area contributed by atoms with Gasteiger partial charge in [0.25, 0.3) is 0 Å². The van der Waals surface area contributed by atoms with Crippen molar-refractivity contribution in [3.05, 3.63) is 53.7 Å². The van der Waals surface area contributed by atoms with Crippen LogP contribution in [0.3, 0.4) is 0 Å². The van der Waals surface area contributed by atoms with Crippen LogP contribution < -0.4 is 0 Å². The predicted octanol–water partition coefficient (Wildman–Crippen LogP) is 3.93. The molecule has 0 spiro atoms. The highest BCUT2D eigenvalue weighted by Gasteiger charge is 2.17. The number of unbranched alkanes of at least 4 members (excludes halogenated alkanes) is 2. The molecular weight excluding hydrogens is 256 g/mol. The normalized spacial score (nSPS) is 13.3. The first-order chi connectivity index (χ1) is 9.74. The summed E-state index contributed by atoms with van der Waals surface area (Å²) in [6.07, 6.45) is 8.21. The first-order valence-corrected chi connectivity index (χ1v) is 6.77. The summed E-state index contributed by atoms with van der Waals surface area (Å²) in [5, 5.41) is 9.34. The van der Waals surface area contributed by atoms with E-state index in [1.165, 1.54) is 18.8 Å². The smallest absolute Gasteiger partial charge is 0.335 e. The molecule has 0 aromatic heterocycles. The van der Waals surface area contributed by atoms with E-state index in [-0.39, 0.29) is 0 Å². The third kappa shape index (κ3) is 3.20. The monoisotopic (exact) mass is 274 g/mol. The second-order valence-electron chi connectivity index (χ2n) is 4.60. The maximum atomic E-state index is 11.4. The van der Waals surface area contributed by atoms with Gasteiger partial charge in [-0.3, -0.25) is 0 Å². The van der Waals surface area contributed by atoms with Crippen molar-refractivity contribution >= 4 is 11.7 Å². The maximum Gasteiger partial charge on any atom is 0.335 e. The van der Waals surface area contributed by atoms with Crippen LogP contribution in [0.15, 0.2) is 37.0 Å². The van der Waals surface area contributed by atoms with Crippen LogP contribution in [0.4, 0.5) is 0 Å². The van der Waals surface area contributed by atoms with Gasteiger partial charge >= 0.3 is 5.97 Å². The molecule has 2 rings (SSSR count). The van der Waals surface area contributed by atoms with Crippen molar-refractivity contribution in [3.63, 3.8) is 0 Å². The summed E-state index contributed by atoms with van der Waals surface area (Å²) in [4.78, 5) is 11.4. The molecule has 0 atom stereocenters. The van der Waals surface area contributed by atoms with E-state index < -0.39 is 5.97 Å². The van der Waals surface area contributed by atoms with Gasteiger partial charge in [0.05, 0.1) is 5.56 Å². The van der Waals surface area contributed by atoms with Crippen molar-refractivity contribution < 1.29 is 19.4 Å². The number of ether oxygens (including phenoxy) is 2. The molecule has 0 radical (unpaired) electrons. The molecule has 1 aromatic carbocycles. The molecule has 1 N–H and O–H groups in total. The van der Waals surface area contributed by atoms with E-state index in [4.69, 9.17) is 9.47 Å². The third-order valence-corrected chi connectivity index (χ3v) is 3.21. The van der Waals surface area contributed by atoms with Crippen LogP contribution in [-0.2, 0) is 15.9 Å². The van der Waals surface area contributed by atoms with E-state index in [2.05, 4.69) is 6.92 Å². The van der Waals surface area contributed by atoms with Crippen molar-refractivity contribution in [2.24, 2.45) is 0 Å². The molecule has 0 unspecified atom stereocenters. The summed E-state index contributed by atoms with van der Waals surface area (Å²) in [6, 6.07) is 5.22. The summed E-state index contributed by atoms with van der Waals surface area (Å²) in [5.41, 5.74) is 1.92. The number of carboxylic acids is 1. The number of benzene rings is 1. The van der Waals surface area contributed by atoms with Gasteiger partial charge in [0.1, 0.15) is 18.8 Å². The van der Waals surface area contributed by atoms with Crippen LogP contribution in [0.25, 0.3) is 5.76 Å². The van der Waals surface area contributed by atoms with Gasteiger partial charge < -0.3 is 14.6 Å². The lowest BCUT2D eigenvalue weighted by molar-refractivity contribution is 0.0695. The number of hydrogen-bond acceptors (Lipinski definition) is 3. The van der Waals surface area contributed by atoms with E-state index in [1.54, 1.807) is 12.1 Å². The second kappa shape index (κ2) is 6.80. The van der Waals surface area contributed by atoms with Gasteiger partial charge in [-0.25, -0.2) is 4.79 Å². The first kappa shape index (κ1) is 14.2. The lowest BCUT2D eigenvalue weighted by Crippen LogP contribution is -2.07. The zero-order valence-electron chi connectivity index (χ0n) is 11.5. The fraction of sp³-hybridized carbons (Fsp3) is 0.312. The summed E-state index contributed by atoms with van der Waals surface area (Å²) in [5.74, 6) is -0.367. The number of carboxylic acid groups (broad SMARTS) is 1. The number of rotatable bonds is 6. The summed E-state index contributed by atoms with van der Waals surface area (Å²) < 4.78 is 10.5. The van der Waals surface area contributed by atoms with E-state index in [1.807, 2.05) is 6.07 Å². The van der Waals surface area contributed by atoms with Crippen LogP contribution in [0.2, 0.25) is 0 Å². The molecule has 0 saturated carbocycles. The number of aromatic carboxylic acids is 1. The highest BCUT2D eigenvalue weighted by atomic mass is 16.5. The molecule has 0 saturated heterocycles. The van der Waals surface area contributed by atoms with Gasteiger partial charge in [0.15, 0.2) is 5.76 Å². The fourth-order valence-corrected chi connectivity index (χ4v) is 2.23. The zero-order chi connectivity index (χ0) is 14.4. The van der Waals surface area contributed by atoms with Crippen LogP contribution in [0.1, 0.15) is 47.7 Å². The van der Waals surface area contributed by atoms with Gasteiger partial charge in [0.2, 0.25) is 0 Å².